The number of aromatic nitrogens is 1. The van der Waals surface area contributed by atoms with E-state index in [-0.39, 0.29) is 12.1 Å². The lowest BCUT2D eigenvalue weighted by atomic mass is 10.2. The molecule has 1 aromatic carbocycles. The second-order valence-corrected chi connectivity index (χ2v) is 5.60. The van der Waals surface area contributed by atoms with Crippen molar-refractivity contribution in [2.45, 2.75) is 13.5 Å². The van der Waals surface area contributed by atoms with Crippen LogP contribution in [0.5, 0.6) is 0 Å². The Balaban J connectivity index is 2.40. The standard InChI is InChI=1S/C13H10ClFINO/c1-8-4-13(18)17(7-12(8)16)6-9-2-3-10(14)5-11(9)15/h2-5,7H,6H2,1H3. The van der Waals surface area contributed by atoms with Gasteiger partial charge in [0, 0.05) is 26.4 Å². The molecule has 0 atom stereocenters. The van der Waals surface area contributed by atoms with Crippen LogP contribution in [-0.4, -0.2) is 4.57 Å². The van der Waals surface area contributed by atoms with E-state index >= 15 is 0 Å². The van der Waals surface area contributed by atoms with Gasteiger partial charge < -0.3 is 4.57 Å². The lowest BCUT2D eigenvalue weighted by Crippen LogP contribution is -2.21. The Morgan fingerprint density at radius 2 is 2.11 bits per heavy atom. The van der Waals surface area contributed by atoms with E-state index in [9.17, 15) is 9.18 Å². The predicted molar refractivity (Wildman–Crippen MR) is 78.7 cm³/mol. The zero-order valence-corrected chi connectivity index (χ0v) is 12.5. The molecule has 0 N–H and O–H groups in total. The zero-order valence-electron chi connectivity index (χ0n) is 9.58. The van der Waals surface area contributed by atoms with Gasteiger partial charge in [-0.05, 0) is 47.2 Å². The van der Waals surface area contributed by atoms with Crippen LogP contribution in [-0.2, 0) is 6.54 Å². The number of hydrogen-bond donors (Lipinski definition) is 0. The molecule has 5 heteroatoms. The largest absolute Gasteiger partial charge is 0.310 e. The average Bonchev–Trinajstić information content (AvgIpc) is 2.29. The topological polar surface area (TPSA) is 22.0 Å². The maximum Gasteiger partial charge on any atom is 0.251 e. The quantitative estimate of drug-likeness (QED) is 0.733. The number of benzene rings is 1. The van der Waals surface area contributed by atoms with E-state index in [0.717, 1.165) is 9.13 Å². The molecule has 1 aromatic heterocycles. The monoisotopic (exact) mass is 377 g/mol. The number of halogens is 3. The number of pyridine rings is 1. The van der Waals surface area contributed by atoms with E-state index in [1.807, 2.05) is 6.92 Å². The summed E-state index contributed by atoms with van der Waals surface area (Å²) >= 11 is 7.84. The molecule has 0 aliphatic heterocycles. The number of hydrogen-bond acceptors (Lipinski definition) is 1. The first-order valence-corrected chi connectivity index (χ1v) is 6.73. The first-order valence-electron chi connectivity index (χ1n) is 5.28. The fourth-order valence-electron chi connectivity index (χ4n) is 1.60. The molecule has 0 aliphatic rings. The van der Waals surface area contributed by atoms with Gasteiger partial charge in [0.25, 0.3) is 5.56 Å². The van der Waals surface area contributed by atoms with Gasteiger partial charge in [0.1, 0.15) is 5.82 Å². The highest BCUT2D eigenvalue weighted by Gasteiger charge is 2.06. The van der Waals surface area contributed by atoms with E-state index in [0.29, 0.717) is 10.6 Å². The van der Waals surface area contributed by atoms with Crippen molar-refractivity contribution >= 4 is 34.2 Å². The Labute approximate surface area is 123 Å². The molecule has 0 unspecified atom stereocenters. The summed E-state index contributed by atoms with van der Waals surface area (Å²) in [6.45, 7) is 2.08. The second-order valence-electron chi connectivity index (χ2n) is 4.01. The van der Waals surface area contributed by atoms with E-state index < -0.39 is 5.82 Å². The summed E-state index contributed by atoms with van der Waals surface area (Å²) in [7, 11) is 0. The molecule has 2 nitrogen and oxygen atoms in total. The highest BCUT2D eigenvalue weighted by Crippen LogP contribution is 2.16. The smallest absolute Gasteiger partial charge is 0.251 e. The van der Waals surface area contributed by atoms with Crippen LogP contribution >= 0.6 is 34.2 Å². The minimum atomic E-state index is -0.398. The lowest BCUT2D eigenvalue weighted by molar-refractivity contribution is 0.596. The number of rotatable bonds is 2. The van der Waals surface area contributed by atoms with Crippen molar-refractivity contribution in [1.29, 1.82) is 0 Å². The van der Waals surface area contributed by atoms with Gasteiger partial charge in [-0.25, -0.2) is 4.39 Å². The van der Waals surface area contributed by atoms with Crippen molar-refractivity contribution in [2.24, 2.45) is 0 Å². The normalized spacial score (nSPS) is 10.7. The summed E-state index contributed by atoms with van der Waals surface area (Å²) in [5.41, 5.74) is 1.23. The highest BCUT2D eigenvalue weighted by atomic mass is 127. The number of aryl methyl sites for hydroxylation is 1. The average molecular weight is 378 g/mol. The van der Waals surface area contributed by atoms with Crippen LogP contribution in [0.3, 0.4) is 0 Å². The minimum absolute atomic E-state index is 0.137. The van der Waals surface area contributed by atoms with E-state index in [1.165, 1.54) is 10.6 Å². The molecular weight excluding hydrogens is 368 g/mol. The summed E-state index contributed by atoms with van der Waals surface area (Å²) < 4.78 is 16.1. The Bertz CT molecular complexity index is 654. The Kier molecular flexibility index (Phi) is 4.07. The van der Waals surface area contributed by atoms with Crippen molar-refractivity contribution in [1.82, 2.24) is 4.57 Å². The molecule has 0 amide bonds. The molecule has 0 bridgehead atoms. The third-order valence-corrected chi connectivity index (χ3v) is 3.99. The van der Waals surface area contributed by atoms with Gasteiger partial charge in [-0.3, -0.25) is 4.79 Å². The van der Waals surface area contributed by atoms with Crippen molar-refractivity contribution < 1.29 is 4.39 Å². The van der Waals surface area contributed by atoms with Gasteiger partial charge >= 0.3 is 0 Å². The van der Waals surface area contributed by atoms with Gasteiger partial charge in [-0.15, -0.1) is 0 Å². The summed E-state index contributed by atoms with van der Waals surface area (Å²) in [5, 5.41) is 0.349. The maximum absolute atomic E-state index is 13.6. The maximum atomic E-state index is 13.6. The van der Waals surface area contributed by atoms with Gasteiger partial charge in [0.15, 0.2) is 0 Å². The van der Waals surface area contributed by atoms with Crippen molar-refractivity contribution in [3.05, 3.63) is 66.4 Å². The van der Waals surface area contributed by atoms with Crippen molar-refractivity contribution in [3.8, 4) is 0 Å². The van der Waals surface area contributed by atoms with Crippen LogP contribution in [0.1, 0.15) is 11.1 Å². The first-order chi connectivity index (χ1) is 8.47. The second kappa shape index (κ2) is 5.40. The molecule has 0 fully saturated rings. The highest BCUT2D eigenvalue weighted by molar-refractivity contribution is 14.1. The third-order valence-electron chi connectivity index (χ3n) is 2.62. The van der Waals surface area contributed by atoms with Crippen LogP contribution in [0.25, 0.3) is 0 Å². The van der Waals surface area contributed by atoms with Crippen LogP contribution < -0.4 is 5.56 Å². The van der Waals surface area contributed by atoms with Gasteiger partial charge in [-0.1, -0.05) is 17.7 Å². The molecule has 0 spiro atoms. The van der Waals surface area contributed by atoms with Crippen LogP contribution in [0.15, 0.2) is 35.3 Å². The van der Waals surface area contributed by atoms with Gasteiger partial charge in [0.2, 0.25) is 0 Å². The summed E-state index contributed by atoms with van der Waals surface area (Å²) in [5.74, 6) is -0.398. The predicted octanol–water partition coefficient (Wildman–Crippen LogP) is 3.60. The fraction of sp³-hybridized carbons (Fsp3) is 0.154. The number of nitrogens with zero attached hydrogens (tertiary/aromatic N) is 1. The SMILES string of the molecule is Cc1cc(=O)n(Cc2ccc(Cl)cc2F)cc1I. The molecule has 0 saturated heterocycles. The van der Waals surface area contributed by atoms with E-state index in [2.05, 4.69) is 22.6 Å². The molecule has 0 radical (unpaired) electrons. The molecule has 94 valence electrons. The summed E-state index contributed by atoms with van der Waals surface area (Å²) in [4.78, 5) is 11.8. The first kappa shape index (κ1) is 13.5. The molecule has 2 rings (SSSR count). The molecule has 0 saturated carbocycles. The molecular formula is C13H10ClFINO. The Hall–Kier alpha value is -0.880. The molecule has 0 aliphatic carbocycles. The van der Waals surface area contributed by atoms with Crippen LogP contribution in [0, 0.1) is 16.3 Å². The minimum Gasteiger partial charge on any atom is -0.310 e. The molecule has 1 heterocycles. The fourth-order valence-corrected chi connectivity index (χ4v) is 2.25. The van der Waals surface area contributed by atoms with Gasteiger partial charge in [0.05, 0.1) is 6.54 Å². The van der Waals surface area contributed by atoms with Crippen molar-refractivity contribution in [2.75, 3.05) is 0 Å². The third kappa shape index (κ3) is 2.92. The van der Waals surface area contributed by atoms with Crippen LogP contribution in [0.4, 0.5) is 4.39 Å². The van der Waals surface area contributed by atoms with E-state index in [4.69, 9.17) is 11.6 Å². The van der Waals surface area contributed by atoms with Crippen LogP contribution in [0.2, 0.25) is 5.02 Å². The van der Waals surface area contributed by atoms with E-state index in [1.54, 1.807) is 24.4 Å². The van der Waals surface area contributed by atoms with Crippen molar-refractivity contribution in [3.63, 3.8) is 0 Å². The lowest BCUT2D eigenvalue weighted by Gasteiger charge is -2.09. The Morgan fingerprint density at radius 3 is 2.78 bits per heavy atom. The zero-order chi connectivity index (χ0) is 13.3. The van der Waals surface area contributed by atoms with Gasteiger partial charge in [-0.2, -0.15) is 0 Å². The Morgan fingerprint density at radius 1 is 1.39 bits per heavy atom. The molecule has 18 heavy (non-hydrogen) atoms. The molecule has 2 aromatic rings. The summed E-state index contributed by atoms with van der Waals surface area (Å²) in [6.07, 6.45) is 1.73. The summed E-state index contributed by atoms with van der Waals surface area (Å²) in [6, 6.07) is 6.01.